The number of hydrogen-bond acceptors (Lipinski definition) is 3. The normalized spacial score (nSPS) is 11.4. The summed E-state index contributed by atoms with van der Waals surface area (Å²) in [4.78, 5) is 2.19. The van der Waals surface area contributed by atoms with E-state index < -0.39 is 0 Å². The second-order valence-electron chi connectivity index (χ2n) is 4.81. The molecule has 17 heavy (non-hydrogen) atoms. The number of ether oxygens (including phenoxy) is 1. The van der Waals surface area contributed by atoms with Gasteiger partial charge in [-0.3, -0.25) is 0 Å². The fourth-order valence-electron chi connectivity index (χ4n) is 1.72. The van der Waals surface area contributed by atoms with Crippen LogP contribution in [0.4, 0.5) is 5.69 Å². The van der Waals surface area contributed by atoms with Crippen molar-refractivity contribution in [2.75, 3.05) is 32.6 Å². The molecule has 0 aliphatic heterocycles. The fourth-order valence-corrected chi connectivity index (χ4v) is 2.07. The van der Waals surface area contributed by atoms with Gasteiger partial charge < -0.3 is 15.0 Å². The van der Waals surface area contributed by atoms with Crippen LogP contribution in [0, 0.1) is 0 Å². The van der Waals surface area contributed by atoms with Crippen molar-refractivity contribution in [3.8, 4) is 5.75 Å². The first-order valence-electron chi connectivity index (χ1n) is 5.63. The van der Waals surface area contributed by atoms with Crippen LogP contribution in [0.3, 0.4) is 0 Å². The smallest absolute Gasteiger partial charge is 0.142 e. The number of rotatable bonds is 5. The number of hydrogen-bond donors (Lipinski definition) is 1. The summed E-state index contributed by atoms with van der Waals surface area (Å²) in [6.45, 7) is 5.25. The first kappa shape index (κ1) is 14.3. The molecule has 0 bridgehead atoms. The Kier molecular flexibility index (Phi) is 4.83. The van der Waals surface area contributed by atoms with E-state index in [-0.39, 0.29) is 5.54 Å². The molecule has 0 amide bonds. The summed E-state index contributed by atoms with van der Waals surface area (Å²) in [6, 6.07) is 6.03. The topological polar surface area (TPSA) is 24.5 Å². The van der Waals surface area contributed by atoms with Gasteiger partial charge in [0.2, 0.25) is 0 Å². The monoisotopic (exact) mass is 300 g/mol. The zero-order chi connectivity index (χ0) is 13.1. The van der Waals surface area contributed by atoms with Gasteiger partial charge in [-0.15, -0.1) is 0 Å². The van der Waals surface area contributed by atoms with Crippen molar-refractivity contribution in [2.45, 2.75) is 19.4 Å². The zero-order valence-electron chi connectivity index (χ0n) is 11.2. The van der Waals surface area contributed by atoms with Gasteiger partial charge in [-0.25, -0.2) is 0 Å². The van der Waals surface area contributed by atoms with Crippen LogP contribution in [0.15, 0.2) is 22.7 Å². The lowest BCUT2D eigenvalue weighted by Crippen LogP contribution is -2.46. The summed E-state index contributed by atoms with van der Waals surface area (Å²) in [5.74, 6) is 0.891. The molecule has 96 valence electrons. The van der Waals surface area contributed by atoms with E-state index in [1.165, 1.54) is 0 Å². The molecule has 0 radical (unpaired) electrons. The van der Waals surface area contributed by atoms with Gasteiger partial charge in [-0.2, -0.15) is 0 Å². The van der Waals surface area contributed by atoms with Gasteiger partial charge in [0.05, 0.1) is 12.8 Å². The molecule has 1 aromatic carbocycles. The predicted octanol–water partition coefficient (Wildman–Crippen LogP) is 2.89. The standard InChI is InChI=1S/C13H21BrN2O/c1-13(2,15-3)9-16(4)11-8-10(14)6-7-12(11)17-5/h6-8,15H,9H2,1-5H3. The maximum Gasteiger partial charge on any atom is 0.142 e. The average molecular weight is 301 g/mol. The summed E-state index contributed by atoms with van der Waals surface area (Å²) in [6.07, 6.45) is 0. The van der Waals surface area contributed by atoms with E-state index in [4.69, 9.17) is 4.74 Å². The zero-order valence-corrected chi connectivity index (χ0v) is 12.8. The molecule has 0 aromatic heterocycles. The summed E-state index contributed by atoms with van der Waals surface area (Å²) in [5, 5.41) is 3.30. The molecule has 0 saturated carbocycles. The Bertz CT molecular complexity index is 380. The van der Waals surface area contributed by atoms with Gasteiger partial charge in [-0.1, -0.05) is 15.9 Å². The van der Waals surface area contributed by atoms with Gasteiger partial charge in [-0.05, 0) is 39.1 Å². The fraction of sp³-hybridized carbons (Fsp3) is 0.538. The molecule has 0 unspecified atom stereocenters. The Morgan fingerprint density at radius 2 is 2.06 bits per heavy atom. The third-order valence-electron chi connectivity index (χ3n) is 2.86. The van der Waals surface area contributed by atoms with Crippen LogP contribution in [0.5, 0.6) is 5.75 Å². The van der Waals surface area contributed by atoms with Gasteiger partial charge in [0.15, 0.2) is 0 Å². The Balaban J connectivity index is 2.95. The van der Waals surface area contributed by atoms with Crippen molar-refractivity contribution in [1.29, 1.82) is 0 Å². The Morgan fingerprint density at radius 1 is 1.41 bits per heavy atom. The van der Waals surface area contributed by atoms with Crippen molar-refractivity contribution in [2.24, 2.45) is 0 Å². The largest absolute Gasteiger partial charge is 0.495 e. The maximum atomic E-state index is 5.39. The van der Waals surface area contributed by atoms with E-state index in [1.54, 1.807) is 7.11 Å². The Morgan fingerprint density at radius 3 is 2.59 bits per heavy atom. The number of nitrogens with one attached hydrogen (secondary N) is 1. The highest BCUT2D eigenvalue weighted by Gasteiger charge is 2.19. The van der Waals surface area contributed by atoms with Crippen molar-refractivity contribution >= 4 is 21.6 Å². The highest BCUT2D eigenvalue weighted by molar-refractivity contribution is 9.10. The van der Waals surface area contributed by atoms with E-state index >= 15 is 0 Å². The summed E-state index contributed by atoms with van der Waals surface area (Å²) in [5.41, 5.74) is 1.15. The van der Waals surface area contributed by atoms with E-state index in [2.05, 4.69) is 53.1 Å². The minimum Gasteiger partial charge on any atom is -0.495 e. The van der Waals surface area contributed by atoms with Crippen molar-refractivity contribution in [3.63, 3.8) is 0 Å². The van der Waals surface area contributed by atoms with E-state index in [0.717, 1.165) is 22.5 Å². The van der Waals surface area contributed by atoms with Gasteiger partial charge >= 0.3 is 0 Å². The minimum atomic E-state index is 0.0576. The molecule has 1 N–H and O–H groups in total. The number of likely N-dealkylation sites (N-methyl/N-ethyl adjacent to an activating group) is 2. The molecule has 1 rings (SSSR count). The Hall–Kier alpha value is -0.740. The summed E-state index contributed by atoms with van der Waals surface area (Å²) >= 11 is 3.49. The third kappa shape index (κ3) is 3.89. The molecule has 0 aliphatic rings. The number of anilines is 1. The van der Waals surface area contributed by atoms with Crippen LogP contribution in [0.1, 0.15) is 13.8 Å². The first-order chi connectivity index (χ1) is 7.89. The van der Waals surface area contributed by atoms with Gasteiger partial charge in [0, 0.05) is 23.6 Å². The number of nitrogens with zero attached hydrogens (tertiary/aromatic N) is 1. The first-order valence-corrected chi connectivity index (χ1v) is 6.42. The molecular weight excluding hydrogens is 280 g/mol. The molecule has 4 heteroatoms. The minimum absolute atomic E-state index is 0.0576. The quantitative estimate of drug-likeness (QED) is 0.905. The maximum absolute atomic E-state index is 5.39. The molecule has 0 spiro atoms. The molecule has 0 atom stereocenters. The van der Waals surface area contributed by atoms with Crippen LogP contribution in [0.2, 0.25) is 0 Å². The molecule has 0 heterocycles. The predicted molar refractivity (Wildman–Crippen MR) is 77.1 cm³/mol. The van der Waals surface area contributed by atoms with E-state index in [9.17, 15) is 0 Å². The average Bonchev–Trinajstić information content (AvgIpc) is 2.28. The Labute approximate surface area is 112 Å². The lowest BCUT2D eigenvalue weighted by Gasteiger charge is -2.32. The van der Waals surface area contributed by atoms with Crippen molar-refractivity contribution in [3.05, 3.63) is 22.7 Å². The molecule has 1 aromatic rings. The van der Waals surface area contributed by atoms with Crippen LogP contribution in [-0.2, 0) is 0 Å². The van der Waals surface area contributed by atoms with Crippen molar-refractivity contribution < 1.29 is 4.74 Å². The lowest BCUT2D eigenvalue weighted by molar-refractivity contribution is 0.406. The van der Waals surface area contributed by atoms with Crippen LogP contribution >= 0.6 is 15.9 Å². The van der Waals surface area contributed by atoms with Crippen LogP contribution < -0.4 is 15.0 Å². The van der Waals surface area contributed by atoms with E-state index in [0.29, 0.717) is 0 Å². The summed E-state index contributed by atoms with van der Waals surface area (Å²) in [7, 11) is 5.75. The summed E-state index contributed by atoms with van der Waals surface area (Å²) < 4.78 is 6.44. The molecular formula is C13H21BrN2O. The molecule has 0 saturated heterocycles. The van der Waals surface area contributed by atoms with Gasteiger partial charge in [0.1, 0.15) is 5.75 Å². The second kappa shape index (κ2) is 5.74. The number of halogens is 1. The molecule has 3 nitrogen and oxygen atoms in total. The van der Waals surface area contributed by atoms with Gasteiger partial charge in [0.25, 0.3) is 0 Å². The number of methoxy groups -OCH3 is 1. The van der Waals surface area contributed by atoms with Crippen molar-refractivity contribution in [1.82, 2.24) is 5.32 Å². The molecule has 0 aliphatic carbocycles. The molecule has 0 fully saturated rings. The highest BCUT2D eigenvalue weighted by atomic mass is 79.9. The SMILES string of the molecule is CNC(C)(C)CN(C)c1cc(Br)ccc1OC. The van der Waals surface area contributed by atoms with Crippen LogP contribution in [-0.4, -0.2) is 33.3 Å². The second-order valence-corrected chi connectivity index (χ2v) is 5.72. The third-order valence-corrected chi connectivity index (χ3v) is 3.35. The van der Waals surface area contributed by atoms with E-state index in [1.807, 2.05) is 19.2 Å². The lowest BCUT2D eigenvalue weighted by atomic mass is 10.1. The highest BCUT2D eigenvalue weighted by Crippen LogP contribution is 2.31. The number of benzene rings is 1. The van der Waals surface area contributed by atoms with Crippen LogP contribution in [0.25, 0.3) is 0 Å².